The van der Waals surface area contributed by atoms with Crippen molar-refractivity contribution in [1.82, 2.24) is 10.2 Å². The van der Waals surface area contributed by atoms with Crippen LogP contribution in [0.2, 0.25) is 0 Å². The van der Waals surface area contributed by atoms with Crippen molar-refractivity contribution in [2.24, 2.45) is 0 Å². The van der Waals surface area contributed by atoms with E-state index in [2.05, 4.69) is 5.32 Å². The first-order valence-electron chi connectivity index (χ1n) is 12.5. The van der Waals surface area contributed by atoms with Crippen LogP contribution in [-0.2, 0) is 29.0 Å². The Bertz CT molecular complexity index is 1140. The number of hydrogen-bond donors (Lipinski definition) is 1. The molecule has 1 fully saturated rings. The summed E-state index contributed by atoms with van der Waals surface area (Å²) in [4.78, 5) is 29.1. The highest BCUT2D eigenvalue weighted by Gasteiger charge is 2.32. The molecule has 5 nitrogen and oxygen atoms in total. The second-order valence-corrected chi connectivity index (χ2v) is 9.37. The third-order valence-electron chi connectivity index (χ3n) is 6.73. The SMILES string of the molecule is COc1cccc(CN(C(=O)Cc2ccc(F)cc2)[C@H](Cc2ccccc2)C(=O)NC2CCCC2)c1. The van der Waals surface area contributed by atoms with Gasteiger partial charge in [0.1, 0.15) is 17.6 Å². The molecule has 4 rings (SSSR count). The van der Waals surface area contributed by atoms with Crippen LogP contribution < -0.4 is 10.1 Å². The lowest BCUT2D eigenvalue weighted by atomic mass is 10.0. The monoisotopic (exact) mass is 488 g/mol. The number of nitrogens with zero attached hydrogens (tertiary/aromatic N) is 1. The minimum atomic E-state index is -0.688. The maximum Gasteiger partial charge on any atom is 0.243 e. The Kier molecular flexibility index (Phi) is 8.71. The molecule has 6 heteroatoms. The molecule has 1 aliphatic carbocycles. The van der Waals surface area contributed by atoms with E-state index < -0.39 is 6.04 Å². The molecule has 0 heterocycles. The molecule has 0 saturated heterocycles. The molecule has 0 aromatic heterocycles. The molecular formula is C30H33FN2O3. The number of carbonyl (C=O) groups excluding carboxylic acids is 2. The number of carbonyl (C=O) groups is 2. The normalized spacial score (nSPS) is 14.3. The smallest absolute Gasteiger partial charge is 0.243 e. The molecule has 0 unspecified atom stereocenters. The Hall–Kier alpha value is -3.67. The van der Waals surface area contributed by atoms with Crippen LogP contribution in [0.25, 0.3) is 0 Å². The Morgan fingerprint density at radius 1 is 0.944 bits per heavy atom. The van der Waals surface area contributed by atoms with E-state index >= 15 is 0 Å². The van der Waals surface area contributed by atoms with Crippen LogP contribution in [0.5, 0.6) is 5.75 Å². The third-order valence-corrected chi connectivity index (χ3v) is 6.73. The quantitative estimate of drug-likeness (QED) is 0.433. The molecule has 3 aromatic carbocycles. The number of methoxy groups -OCH3 is 1. The van der Waals surface area contributed by atoms with Gasteiger partial charge in [-0.05, 0) is 53.8 Å². The second-order valence-electron chi connectivity index (χ2n) is 9.37. The van der Waals surface area contributed by atoms with Gasteiger partial charge in [0.25, 0.3) is 0 Å². The van der Waals surface area contributed by atoms with Crippen LogP contribution in [-0.4, -0.2) is 35.9 Å². The lowest BCUT2D eigenvalue weighted by molar-refractivity contribution is -0.141. The van der Waals surface area contributed by atoms with Crippen LogP contribution in [0.1, 0.15) is 42.4 Å². The highest BCUT2D eigenvalue weighted by Crippen LogP contribution is 2.22. The van der Waals surface area contributed by atoms with Crippen LogP contribution >= 0.6 is 0 Å². The maximum atomic E-state index is 13.8. The van der Waals surface area contributed by atoms with Gasteiger partial charge in [0.2, 0.25) is 11.8 Å². The predicted molar refractivity (Wildman–Crippen MR) is 138 cm³/mol. The molecule has 0 spiro atoms. The Morgan fingerprint density at radius 3 is 2.33 bits per heavy atom. The first-order chi connectivity index (χ1) is 17.5. The van der Waals surface area contributed by atoms with Gasteiger partial charge in [-0.3, -0.25) is 9.59 Å². The van der Waals surface area contributed by atoms with Crippen molar-refractivity contribution < 1.29 is 18.7 Å². The summed E-state index contributed by atoms with van der Waals surface area (Å²) in [6.07, 6.45) is 4.60. The summed E-state index contributed by atoms with van der Waals surface area (Å²) in [5.74, 6) is 0.0128. The van der Waals surface area contributed by atoms with Crippen molar-refractivity contribution in [3.05, 3.63) is 101 Å². The fraction of sp³-hybridized carbons (Fsp3) is 0.333. The minimum absolute atomic E-state index is 0.0756. The zero-order valence-corrected chi connectivity index (χ0v) is 20.7. The summed E-state index contributed by atoms with van der Waals surface area (Å²) >= 11 is 0. The lowest BCUT2D eigenvalue weighted by Crippen LogP contribution is -2.52. The van der Waals surface area contributed by atoms with Crippen LogP contribution in [0.4, 0.5) is 4.39 Å². The van der Waals surface area contributed by atoms with Crippen molar-refractivity contribution in [2.45, 2.75) is 57.2 Å². The molecule has 3 aromatic rings. The summed E-state index contributed by atoms with van der Waals surface area (Å²) in [6, 6.07) is 22.7. The van der Waals surface area contributed by atoms with Gasteiger partial charge < -0.3 is 15.0 Å². The van der Waals surface area contributed by atoms with Gasteiger partial charge in [-0.2, -0.15) is 0 Å². The summed E-state index contributed by atoms with van der Waals surface area (Å²) < 4.78 is 18.8. The van der Waals surface area contributed by atoms with Crippen molar-refractivity contribution in [3.63, 3.8) is 0 Å². The fourth-order valence-corrected chi connectivity index (χ4v) is 4.77. The largest absolute Gasteiger partial charge is 0.497 e. The van der Waals surface area contributed by atoms with E-state index in [1.807, 2.05) is 54.6 Å². The van der Waals surface area contributed by atoms with Crippen molar-refractivity contribution in [3.8, 4) is 5.75 Å². The van der Waals surface area contributed by atoms with Crippen LogP contribution in [0.3, 0.4) is 0 Å². The van der Waals surface area contributed by atoms with E-state index in [-0.39, 0.29) is 36.6 Å². The van der Waals surface area contributed by atoms with Crippen molar-refractivity contribution in [2.75, 3.05) is 7.11 Å². The number of halogens is 1. The van der Waals surface area contributed by atoms with E-state index in [4.69, 9.17) is 4.74 Å². The minimum Gasteiger partial charge on any atom is -0.497 e. The summed E-state index contributed by atoms with van der Waals surface area (Å²) in [6.45, 7) is 0.257. The van der Waals surface area contributed by atoms with Gasteiger partial charge in [-0.1, -0.05) is 67.4 Å². The fourth-order valence-electron chi connectivity index (χ4n) is 4.77. The number of rotatable bonds is 10. The molecular weight excluding hydrogens is 455 g/mol. The van der Waals surface area contributed by atoms with E-state index in [0.29, 0.717) is 17.7 Å². The van der Waals surface area contributed by atoms with Gasteiger partial charge in [0, 0.05) is 19.0 Å². The average Bonchev–Trinajstić information content (AvgIpc) is 3.41. The van der Waals surface area contributed by atoms with E-state index in [9.17, 15) is 14.0 Å². The van der Waals surface area contributed by atoms with Crippen molar-refractivity contribution in [1.29, 1.82) is 0 Å². The molecule has 188 valence electrons. The summed E-state index contributed by atoms with van der Waals surface area (Å²) in [5.41, 5.74) is 2.55. The molecule has 36 heavy (non-hydrogen) atoms. The zero-order chi connectivity index (χ0) is 25.3. The first kappa shape index (κ1) is 25.4. The molecule has 1 N–H and O–H groups in total. The Morgan fingerprint density at radius 2 is 1.64 bits per heavy atom. The van der Waals surface area contributed by atoms with Gasteiger partial charge in [0.15, 0.2) is 0 Å². The molecule has 0 radical (unpaired) electrons. The Balaban J connectivity index is 1.66. The number of nitrogens with one attached hydrogen (secondary N) is 1. The summed E-state index contributed by atoms with van der Waals surface area (Å²) in [7, 11) is 1.60. The Labute approximate surface area is 212 Å². The van der Waals surface area contributed by atoms with Gasteiger partial charge in [-0.15, -0.1) is 0 Å². The standard InChI is InChI=1S/C30H33FN2O3/c1-36-27-13-7-10-24(18-27)21-33(29(34)20-23-14-16-25(31)17-15-23)28(19-22-8-3-2-4-9-22)30(35)32-26-11-5-6-12-26/h2-4,7-10,13-18,26,28H,5-6,11-12,19-21H2,1H3,(H,32,35)/t28-/m1/s1. The maximum absolute atomic E-state index is 13.8. The molecule has 1 atom stereocenters. The highest BCUT2D eigenvalue weighted by molar-refractivity contribution is 5.89. The number of amides is 2. The van der Waals surface area contributed by atoms with E-state index in [1.165, 1.54) is 12.1 Å². The molecule has 0 bridgehead atoms. The third kappa shape index (κ3) is 6.94. The number of benzene rings is 3. The van der Waals surface area contributed by atoms with Crippen LogP contribution in [0, 0.1) is 5.82 Å². The van der Waals surface area contributed by atoms with Gasteiger partial charge in [-0.25, -0.2) is 4.39 Å². The van der Waals surface area contributed by atoms with Gasteiger partial charge in [0.05, 0.1) is 13.5 Å². The molecule has 2 amide bonds. The van der Waals surface area contributed by atoms with E-state index in [0.717, 1.165) is 36.8 Å². The zero-order valence-electron chi connectivity index (χ0n) is 20.7. The topological polar surface area (TPSA) is 58.6 Å². The molecule has 1 aliphatic rings. The van der Waals surface area contributed by atoms with E-state index in [1.54, 1.807) is 24.1 Å². The van der Waals surface area contributed by atoms with Crippen molar-refractivity contribution >= 4 is 11.8 Å². The number of ether oxygens (including phenoxy) is 1. The number of hydrogen-bond acceptors (Lipinski definition) is 3. The van der Waals surface area contributed by atoms with Gasteiger partial charge >= 0.3 is 0 Å². The first-order valence-corrected chi connectivity index (χ1v) is 12.5. The highest BCUT2D eigenvalue weighted by atomic mass is 19.1. The average molecular weight is 489 g/mol. The molecule has 1 saturated carbocycles. The lowest BCUT2D eigenvalue weighted by Gasteiger charge is -2.32. The van der Waals surface area contributed by atoms with Crippen LogP contribution in [0.15, 0.2) is 78.9 Å². The predicted octanol–water partition coefficient (Wildman–Crippen LogP) is 5.08. The summed E-state index contributed by atoms with van der Waals surface area (Å²) in [5, 5.41) is 3.21. The second kappa shape index (κ2) is 12.3. The molecule has 0 aliphatic heterocycles.